The van der Waals surface area contributed by atoms with Crippen LogP contribution >= 0.6 is 0 Å². The van der Waals surface area contributed by atoms with Gasteiger partial charge in [0.25, 0.3) is 0 Å². The van der Waals surface area contributed by atoms with E-state index in [9.17, 15) is 0 Å². The molecule has 1 aliphatic rings. The highest BCUT2D eigenvalue weighted by atomic mass is 15.1. The van der Waals surface area contributed by atoms with Gasteiger partial charge in [-0.15, -0.1) is 0 Å². The van der Waals surface area contributed by atoms with Crippen molar-refractivity contribution in [2.24, 2.45) is 5.92 Å². The molecular formula is C13H21N3. The molecule has 3 heteroatoms. The molecule has 0 aromatic carbocycles. The summed E-state index contributed by atoms with van der Waals surface area (Å²) in [5, 5.41) is 3.45. The van der Waals surface area contributed by atoms with Crippen molar-refractivity contribution in [1.29, 1.82) is 0 Å². The fourth-order valence-electron chi connectivity index (χ4n) is 2.44. The lowest BCUT2D eigenvalue weighted by atomic mass is 9.84. The first kappa shape index (κ1) is 11.4. The highest BCUT2D eigenvalue weighted by Crippen LogP contribution is 2.27. The summed E-state index contributed by atoms with van der Waals surface area (Å²) in [6.07, 6.45) is 10.3. The number of aromatic nitrogens is 2. The van der Waals surface area contributed by atoms with Crippen LogP contribution in [0.5, 0.6) is 0 Å². The second kappa shape index (κ2) is 5.28. The van der Waals surface area contributed by atoms with Crippen LogP contribution in [-0.4, -0.2) is 16.0 Å². The molecule has 0 spiro atoms. The van der Waals surface area contributed by atoms with Gasteiger partial charge in [-0.1, -0.05) is 26.2 Å². The highest BCUT2D eigenvalue weighted by Gasteiger charge is 2.20. The van der Waals surface area contributed by atoms with Crippen LogP contribution in [0, 0.1) is 12.8 Å². The zero-order valence-electron chi connectivity index (χ0n) is 10.2. The molecule has 88 valence electrons. The van der Waals surface area contributed by atoms with E-state index in [2.05, 4.69) is 22.2 Å². The second-order valence-corrected chi connectivity index (χ2v) is 4.87. The summed E-state index contributed by atoms with van der Waals surface area (Å²) in [4.78, 5) is 8.60. The van der Waals surface area contributed by atoms with Crippen LogP contribution in [-0.2, 0) is 0 Å². The van der Waals surface area contributed by atoms with Gasteiger partial charge >= 0.3 is 0 Å². The topological polar surface area (TPSA) is 37.8 Å². The maximum Gasteiger partial charge on any atom is 0.222 e. The normalized spacial score (nSPS) is 25.4. The third-order valence-electron chi connectivity index (χ3n) is 3.47. The average molecular weight is 219 g/mol. The molecular weight excluding hydrogens is 198 g/mol. The van der Waals surface area contributed by atoms with Gasteiger partial charge in [-0.25, -0.2) is 9.97 Å². The molecule has 1 saturated carbocycles. The van der Waals surface area contributed by atoms with Gasteiger partial charge in [0.2, 0.25) is 5.95 Å². The van der Waals surface area contributed by atoms with Crippen LogP contribution < -0.4 is 5.32 Å². The molecule has 0 bridgehead atoms. The van der Waals surface area contributed by atoms with Crippen molar-refractivity contribution in [3.63, 3.8) is 0 Å². The maximum absolute atomic E-state index is 4.30. The van der Waals surface area contributed by atoms with Gasteiger partial charge in [0.1, 0.15) is 0 Å². The molecule has 16 heavy (non-hydrogen) atoms. The van der Waals surface area contributed by atoms with Crippen LogP contribution in [0.15, 0.2) is 12.4 Å². The Labute approximate surface area is 97.7 Å². The predicted octanol–water partition coefficient (Wildman–Crippen LogP) is 3.17. The molecule has 3 nitrogen and oxygen atoms in total. The van der Waals surface area contributed by atoms with E-state index in [-0.39, 0.29) is 0 Å². The van der Waals surface area contributed by atoms with Crippen molar-refractivity contribution in [3.05, 3.63) is 18.0 Å². The number of nitrogens with zero attached hydrogens (tertiary/aromatic N) is 2. The summed E-state index contributed by atoms with van der Waals surface area (Å²) >= 11 is 0. The SMILES string of the molecule is CCC1CCCC(Nc2ncc(C)cn2)C1. The molecule has 2 unspecified atom stereocenters. The maximum atomic E-state index is 4.30. The molecule has 1 aliphatic carbocycles. The lowest BCUT2D eigenvalue weighted by Crippen LogP contribution is -2.27. The average Bonchev–Trinajstić information content (AvgIpc) is 2.32. The number of nitrogens with one attached hydrogen (secondary N) is 1. The van der Waals surface area contributed by atoms with E-state index in [1.165, 1.54) is 32.1 Å². The number of rotatable bonds is 3. The van der Waals surface area contributed by atoms with E-state index < -0.39 is 0 Å². The Kier molecular flexibility index (Phi) is 3.75. The van der Waals surface area contributed by atoms with Gasteiger partial charge in [0, 0.05) is 18.4 Å². The minimum atomic E-state index is 0.571. The van der Waals surface area contributed by atoms with E-state index in [0.717, 1.165) is 17.4 Å². The Morgan fingerprint density at radius 3 is 2.75 bits per heavy atom. The molecule has 1 N–H and O–H groups in total. The van der Waals surface area contributed by atoms with Crippen molar-refractivity contribution < 1.29 is 0 Å². The summed E-state index contributed by atoms with van der Waals surface area (Å²) < 4.78 is 0. The van der Waals surface area contributed by atoms with Gasteiger partial charge in [-0.05, 0) is 31.2 Å². The van der Waals surface area contributed by atoms with Crippen molar-refractivity contribution >= 4 is 5.95 Å². The molecule has 0 radical (unpaired) electrons. The number of anilines is 1. The van der Waals surface area contributed by atoms with Crippen LogP contribution in [0.4, 0.5) is 5.95 Å². The quantitative estimate of drug-likeness (QED) is 0.848. The van der Waals surface area contributed by atoms with E-state index in [1.54, 1.807) is 0 Å². The lowest BCUT2D eigenvalue weighted by molar-refractivity contribution is 0.326. The Balaban J connectivity index is 1.91. The predicted molar refractivity (Wildman–Crippen MR) is 66.4 cm³/mol. The van der Waals surface area contributed by atoms with E-state index in [1.807, 2.05) is 19.3 Å². The van der Waals surface area contributed by atoms with E-state index >= 15 is 0 Å². The van der Waals surface area contributed by atoms with Gasteiger partial charge in [-0.3, -0.25) is 0 Å². The van der Waals surface area contributed by atoms with Crippen LogP contribution in [0.1, 0.15) is 44.6 Å². The standard InChI is InChI=1S/C13H21N3/c1-3-11-5-4-6-12(7-11)16-13-14-8-10(2)9-15-13/h8-9,11-12H,3-7H2,1-2H3,(H,14,15,16). The number of hydrogen-bond donors (Lipinski definition) is 1. The first-order valence-corrected chi connectivity index (χ1v) is 6.33. The molecule has 2 rings (SSSR count). The Hall–Kier alpha value is -1.12. The van der Waals surface area contributed by atoms with Gasteiger partial charge < -0.3 is 5.32 Å². The van der Waals surface area contributed by atoms with E-state index in [4.69, 9.17) is 0 Å². The number of hydrogen-bond acceptors (Lipinski definition) is 3. The minimum Gasteiger partial charge on any atom is -0.351 e. The van der Waals surface area contributed by atoms with Crippen molar-refractivity contribution in [3.8, 4) is 0 Å². The van der Waals surface area contributed by atoms with Crippen LogP contribution in [0.3, 0.4) is 0 Å². The molecule has 0 saturated heterocycles. The van der Waals surface area contributed by atoms with Gasteiger partial charge in [0.05, 0.1) is 0 Å². The molecule has 1 aromatic rings. The Morgan fingerprint density at radius 2 is 2.06 bits per heavy atom. The van der Waals surface area contributed by atoms with Crippen molar-refractivity contribution in [2.75, 3.05) is 5.32 Å². The molecule has 1 fully saturated rings. The largest absolute Gasteiger partial charge is 0.351 e. The van der Waals surface area contributed by atoms with Gasteiger partial charge in [-0.2, -0.15) is 0 Å². The second-order valence-electron chi connectivity index (χ2n) is 4.87. The van der Waals surface area contributed by atoms with Crippen molar-refractivity contribution in [1.82, 2.24) is 9.97 Å². The zero-order valence-corrected chi connectivity index (χ0v) is 10.2. The van der Waals surface area contributed by atoms with Crippen LogP contribution in [0.2, 0.25) is 0 Å². The van der Waals surface area contributed by atoms with E-state index in [0.29, 0.717) is 6.04 Å². The summed E-state index contributed by atoms with van der Waals surface area (Å²) in [6, 6.07) is 0.571. The molecule has 0 amide bonds. The molecule has 1 aromatic heterocycles. The molecule has 2 atom stereocenters. The number of aryl methyl sites for hydroxylation is 1. The van der Waals surface area contributed by atoms with Crippen LogP contribution in [0.25, 0.3) is 0 Å². The molecule has 0 aliphatic heterocycles. The smallest absolute Gasteiger partial charge is 0.222 e. The zero-order chi connectivity index (χ0) is 11.4. The molecule has 1 heterocycles. The third kappa shape index (κ3) is 2.94. The third-order valence-corrected chi connectivity index (χ3v) is 3.47. The Morgan fingerprint density at radius 1 is 1.31 bits per heavy atom. The Bertz CT molecular complexity index is 320. The summed E-state index contributed by atoms with van der Waals surface area (Å²) in [6.45, 7) is 4.30. The first-order valence-electron chi connectivity index (χ1n) is 6.33. The fourth-order valence-corrected chi connectivity index (χ4v) is 2.44. The summed E-state index contributed by atoms with van der Waals surface area (Å²) in [5.74, 6) is 1.67. The van der Waals surface area contributed by atoms with Gasteiger partial charge in [0.15, 0.2) is 0 Å². The lowest BCUT2D eigenvalue weighted by Gasteiger charge is -2.29. The monoisotopic (exact) mass is 219 g/mol. The summed E-state index contributed by atoms with van der Waals surface area (Å²) in [7, 11) is 0. The van der Waals surface area contributed by atoms with Crippen molar-refractivity contribution in [2.45, 2.75) is 52.0 Å². The minimum absolute atomic E-state index is 0.571. The summed E-state index contributed by atoms with van der Waals surface area (Å²) in [5.41, 5.74) is 1.11. The first-order chi connectivity index (χ1) is 7.78. The fraction of sp³-hybridized carbons (Fsp3) is 0.692. The highest BCUT2D eigenvalue weighted by molar-refractivity contribution is 5.26.